The Morgan fingerprint density at radius 3 is 2.08 bits per heavy atom. The summed E-state index contributed by atoms with van der Waals surface area (Å²) in [5, 5.41) is 21.9. The lowest BCUT2D eigenvalue weighted by Gasteiger charge is -2.17. The summed E-state index contributed by atoms with van der Waals surface area (Å²) >= 11 is 0. The molecule has 0 saturated carbocycles. The average Bonchev–Trinajstić information content (AvgIpc) is 3.12. The van der Waals surface area contributed by atoms with Crippen LogP contribution in [-0.4, -0.2) is 57.1 Å². The van der Waals surface area contributed by atoms with Crippen LogP contribution >= 0.6 is 0 Å². The normalized spacial score (nSPS) is 21.2. The molecular formula is C26H42FN3O7. The Hall–Kier alpha value is -2.37. The number of ether oxygens (including phenoxy) is 2. The highest BCUT2D eigenvalue weighted by molar-refractivity contribution is 5.83. The van der Waals surface area contributed by atoms with E-state index in [1.807, 2.05) is 0 Å². The summed E-state index contributed by atoms with van der Waals surface area (Å²) in [6.07, 6.45) is 11.5. The molecule has 2 rings (SSSR count). The third-order valence-corrected chi connectivity index (χ3v) is 6.58. The molecule has 1 saturated heterocycles. The molecule has 0 bridgehead atoms. The van der Waals surface area contributed by atoms with Crippen molar-refractivity contribution >= 4 is 18.2 Å². The molecule has 0 radical (unpaired) electrons. The van der Waals surface area contributed by atoms with Crippen molar-refractivity contribution in [3.63, 3.8) is 0 Å². The molecule has 210 valence electrons. The van der Waals surface area contributed by atoms with E-state index in [0.717, 1.165) is 49.2 Å². The van der Waals surface area contributed by atoms with Crippen LogP contribution in [-0.2, 0) is 14.3 Å². The highest BCUT2D eigenvalue weighted by Crippen LogP contribution is 2.28. The van der Waals surface area contributed by atoms with E-state index in [-0.39, 0.29) is 6.61 Å². The summed E-state index contributed by atoms with van der Waals surface area (Å²) in [4.78, 5) is 37.9. The molecule has 0 spiro atoms. The van der Waals surface area contributed by atoms with E-state index in [4.69, 9.17) is 9.47 Å². The van der Waals surface area contributed by atoms with Crippen LogP contribution in [0.3, 0.4) is 0 Å². The molecule has 0 aliphatic carbocycles. The van der Waals surface area contributed by atoms with Gasteiger partial charge in [-0.25, -0.2) is 14.0 Å². The molecule has 1 aliphatic rings. The van der Waals surface area contributed by atoms with Gasteiger partial charge in [-0.15, -0.1) is 0 Å². The molecule has 2 heterocycles. The molecule has 4 atom stereocenters. The van der Waals surface area contributed by atoms with E-state index in [2.05, 4.69) is 10.3 Å². The number of carbonyl (C=O) groups excluding carboxylic acids is 2. The SMILES string of the molecule is C[C@H]1O[C@@H](n2cc(F)c(NC(=O)OCCCCCCCCCCCCCCCC=O)nc2=O)[C@H](O)[C@@H]1O. The van der Waals surface area contributed by atoms with Crippen molar-refractivity contribution in [2.45, 2.75) is 121 Å². The van der Waals surface area contributed by atoms with Crippen molar-refractivity contribution < 1.29 is 33.7 Å². The number of aliphatic hydroxyl groups is 2. The molecule has 37 heavy (non-hydrogen) atoms. The lowest BCUT2D eigenvalue weighted by Crippen LogP contribution is -2.36. The maximum absolute atomic E-state index is 14.4. The van der Waals surface area contributed by atoms with Gasteiger partial charge in [-0.3, -0.25) is 9.88 Å². The van der Waals surface area contributed by atoms with Crippen LogP contribution in [0.15, 0.2) is 11.0 Å². The molecule has 10 nitrogen and oxygen atoms in total. The minimum Gasteiger partial charge on any atom is -0.449 e. The molecule has 3 N–H and O–H groups in total. The van der Waals surface area contributed by atoms with E-state index >= 15 is 0 Å². The standard InChI is InChI=1S/C26H42FN3O7/c1-19-21(32)22(33)24(37-19)30-18-20(27)23(28-25(30)34)29-26(35)36-17-15-13-11-9-7-5-3-2-4-6-8-10-12-14-16-31/h16,18-19,21-22,24,32-33H,2-15,17H2,1H3,(H,28,29,34,35)/t19-,21-,22-,24-/m1/s1. The number of halogens is 1. The maximum atomic E-state index is 14.4. The summed E-state index contributed by atoms with van der Waals surface area (Å²) in [6.45, 7) is 1.69. The van der Waals surface area contributed by atoms with Crippen LogP contribution in [0.4, 0.5) is 15.0 Å². The van der Waals surface area contributed by atoms with Gasteiger partial charge in [-0.2, -0.15) is 4.98 Å². The maximum Gasteiger partial charge on any atom is 0.412 e. The van der Waals surface area contributed by atoms with Crippen molar-refractivity contribution in [2.75, 3.05) is 11.9 Å². The second kappa shape index (κ2) is 17.2. The lowest BCUT2D eigenvalue weighted by atomic mass is 10.0. The van der Waals surface area contributed by atoms with Crippen molar-refractivity contribution in [1.29, 1.82) is 0 Å². The zero-order valence-electron chi connectivity index (χ0n) is 21.8. The molecule has 0 aromatic carbocycles. The van der Waals surface area contributed by atoms with Crippen LogP contribution < -0.4 is 11.0 Å². The Kier molecular flexibility index (Phi) is 14.3. The number of aromatic nitrogens is 2. The molecule has 0 unspecified atom stereocenters. The van der Waals surface area contributed by atoms with Crippen LogP contribution in [0, 0.1) is 5.82 Å². The van der Waals surface area contributed by atoms with E-state index in [9.17, 15) is 29.0 Å². The Balaban J connectivity index is 1.53. The molecule has 1 amide bonds. The highest BCUT2D eigenvalue weighted by Gasteiger charge is 2.42. The second-order valence-corrected chi connectivity index (χ2v) is 9.65. The van der Waals surface area contributed by atoms with Crippen molar-refractivity contribution in [2.24, 2.45) is 0 Å². The van der Waals surface area contributed by atoms with Gasteiger partial charge in [0, 0.05) is 6.42 Å². The molecule has 1 aliphatic heterocycles. The highest BCUT2D eigenvalue weighted by atomic mass is 19.1. The zero-order valence-corrected chi connectivity index (χ0v) is 21.8. The summed E-state index contributed by atoms with van der Waals surface area (Å²) in [5.41, 5.74) is -0.951. The van der Waals surface area contributed by atoms with E-state index < -0.39 is 48.0 Å². The predicted octanol–water partition coefficient (Wildman–Crippen LogP) is 4.23. The zero-order chi connectivity index (χ0) is 27.0. The third-order valence-electron chi connectivity index (χ3n) is 6.58. The lowest BCUT2D eigenvalue weighted by molar-refractivity contribution is -0.107. The van der Waals surface area contributed by atoms with Gasteiger partial charge >= 0.3 is 11.8 Å². The van der Waals surface area contributed by atoms with Crippen LogP contribution in [0.1, 0.15) is 103 Å². The third kappa shape index (κ3) is 10.9. The van der Waals surface area contributed by atoms with Gasteiger partial charge < -0.3 is 24.5 Å². The van der Waals surface area contributed by atoms with Crippen LogP contribution in [0.2, 0.25) is 0 Å². The number of aliphatic hydroxyl groups excluding tert-OH is 2. The first-order valence-electron chi connectivity index (χ1n) is 13.5. The number of rotatable bonds is 18. The number of hydrogen-bond donors (Lipinski definition) is 3. The number of amides is 1. The van der Waals surface area contributed by atoms with Crippen molar-refractivity contribution in [3.05, 3.63) is 22.5 Å². The Bertz CT molecular complexity index is 882. The number of anilines is 1. The van der Waals surface area contributed by atoms with Crippen molar-refractivity contribution in [3.8, 4) is 0 Å². The summed E-state index contributed by atoms with van der Waals surface area (Å²) in [7, 11) is 0. The van der Waals surface area contributed by atoms with E-state index in [1.54, 1.807) is 0 Å². The summed E-state index contributed by atoms with van der Waals surface area (Å²) < 4.78 is 25.5. The number of nitrogens with one attached hydrogen (secondary N) is 1. The predicted molar refractivity (Wildman–Crippen MR) is 136 cm³/mol. The van der Waals surface area contributed by atoms with Gasteiger partial charge in [0.05, 0.1) is 18.9 Å². The molecule has 1 aromatic heterocycles. The minimum atomic E-state index is -1.42. The number of aldehydes is 1. The number of carbonyl (C=O) groups is 2. The van der Waals surface area contributed by atoms with Crippen LogP contribution in [0.25, 0.3) is 0 Å². The monoisotopic (exact) mass is 527 g/mol. The number of hydrogen-bond acceptors (Lipinski definition) is 8. The topological polar surface area (TPSA) is 140 Å². The number of unbranched alkanes of at least 4 members (excludes halogenated alkanes) is 13. The van der Waals surface area contributed by atoms with Gasteiger partial charge in [-0.1, -0.05) is 70.6 Å². The minimum absolute atomic E-state index is 0.176. The van der Waals surface area contributed by atoms with Crippen LogP contribution in [0.5, 0.6) is 0 Å². The van der Waals surface area contributed by atoms with Gasteiger partial charge in [0.2, 0.25) is 0 Å². The average molecular weight is 528 g/mol. The van der Waals surface area contributed by atoms with E-state index in [1.165, 1.54) is 51.9 Å². The largest absolute Gasteiger partial charge is 0.449 e. The molecule has 1 aromatic rings. The fourth-order valence-electron chi connectivity index (χ4n) is 4.34. The molecule has 1 fully saturated rings. The Morgan fingerprint density at radius 1 is 1.03 bits per heavy atom. The molecule has 11 heteroatoms. The van der Waals surface area contributed by atoms with Crippen molar-refractivity contribution in [1.82, 2.24) is 9.55 Å². The Labute approximate surface area is 217 Å². The fourth-order valence-corrected chi connectivity index (χ4v) is 4.34. The summed E-state index contributed by atoms with van der Waals surface area (Å²) in [6, 6.07) is 0. The first-order valence-corrected chi connectivity index (χ1v) is 13.5. The van der Waals surface area contributed by atoms with Gasteiger partial charge in [0.25, 0.3) is 0 Å². The first-order chi connectivity index (χ1) is 17.8. The smallest absolute Gasteiger partial charge is 0.412 e. The van der Waals surface area contributed by atoms with Gasteiger partial charge in [0.15, 0.2) is 17.9 Å². The van der Waals surface area contributed by atoms with E-state index in [0.29, 0.717) is 12.8 Å². The van der Waals surface area contributed by atoms with Gasteiger partial charge in [-0.05, 0) is 19.8 Å². The first kappa shape index (κ1) is 30.9. The summed E-state index contributed by atoms with van der Waals surface area (Å²) in [5.74, 6) is -1.58. The number of nitrogens with zero attached hydrogens (tertiary/aromatic N) is 2. The van der Waals surface area contributed by atoms with Gasteiger partial charge in [0.1, 0.15) is 18.5 Å². The Morgan fingerprint density at radius 2 is 1.57 bits per heavy atom. The quantitative estimate of drug-likeness (QED) is 0.190. The molecular weight excluding hydrogens is 485 g/mol. The second-order valence-electron chi connectivity index (χ2n) is 9.65. The fraction of sp³-hybridized carbons (Fsp3) is 0.769.